The van der Waals surface area contributed by atoms with Crippen LogP contribution in [-0.2, 0) is 12.8 Å². The lowest BCUT2D eigenvalue weighted by atomic mass is 10.1. The fraction of sp³-hybridized carbons (Fsp3) is 0.400. The quantitative estimate of drug-likeness (QED) is 0.498. The number of halogens is 2. The van der Waals surface area contributed by atoms with E-state index in [2.05, 4.69) is 62.4 Å². The molecule has 0 nitrogen and oxygen atoms in total. The van der Waals surface area contributed by atoms with E-state index >= 15 is 0 Å². The average Bonchev–Trinajstić information content (AvgIpc) is 2.53. The van der Waals surface area contributed by atoms with E-state index in [1.165, 1.54) is 38.5 Å². The van der Waals surface area contributed by atoms with Crippen molar-refractivity contribution in [3.05, 3.63) is 66.8 Å². The first kappa shape index (κ1) is 19.5. The zero-order chi connectivity index (χ0) is 14.9. The molecule has 0 radical (unpaired) electrons. The third-order valence-corrected chi connectivity index (χ3v) is 6.99. The summed E-state index contributed by atoms with van der Waals surface area (Å²) in [5.41, 5.74) is 3.16. The molecule has 2 aromatic carbocycles. The third-order valence-electron chi connectivity index (χ3n) is 3.72. The highest BCUT2D eigenvalue weighted by Gasteiger charge is 2.22. The fourth-order valence-corrected chi connectivity index (χ4v) is 5.42. The SMILES string of the molecule is CCCCc1ccccc1[I+]c1ccccc1CCCC.[Cl-]. The van der Waals surface area contributed by atoms with Crippen LogP contribution in [0, 0.1) is 7.14 Å². The fourth-order valence-electron chi connectivity index (χ4n) is 2.43. The Hall–Kier alpha value is -0.540. The van der Waals surface area contributed by atoms with Gasteiger partial charge in [0.05, 0.1) is 0 Å². The summed E-state index contributed by atoms with van der Waals surface area (Å²) in [7, 11) is 0. The highest BCUT2D eigenvalue weighted by atomic mass is 127. The Balaban J connectivity index is 0.00000242. The normalized spacial score (nSPS) is 10.3. The van der Waals surface area contributed by atoms with Gasteiger partial charge >= 0.3 is 21.2 Å². The van der Waals surface area contributed by atoms with E-state index in [9.17, 15) is 0 Å². The van der Waals surface area contributed by atoms with Crippen molar-refractivity contribution in [2.45, 2.75) is 52.4 Å². The first-order valence-electron chi connectivity index (χ1n) is 8.15. The molecule has 0 aromatic heterocycles. The second kappa shape index (κ2) is 11.1. The van der Waals surface area contributed by atoms with Crippen LogP contribution < -0.4 is 33.6 Å². The van der Waals surface area contributed by atoms with E-state index in [0.717, 1.165) is 0 Å². The maximum Gasteiger partial charge on any atom is 0.358 e. The summed E-state index contributed by atoms with van der Waals surface area (Å²) in [5, 5.41) is 0. The van der Waals surface area contributed by atoms with Gasteiger partial charge in [-0.05, 0) is 37.8 Å². The molecule has 0 fully saturated rings. The highest BCUT2D eigenvalue weighted by Crippen LogP contribution is 2.06. The summed E-state index contributed by atoms with van der Waals surface area (Å²) in [4.78, 5) is 0. The first-order valence-corrected chi connectivity index (χ1v) is 10.3. The monoisotopic (exact) mass is 428 g/mol. The number of rotatable bonds is 8. The van der Waals surface area contributed by atoms with Crippen LogP contribution >= 0.6 is 0 Å². The maximum absolute atomic E-state index is 2.36. The van der Waals surface area contributed by atoms with E-state index in [1.54, 1.807) is 18.3 Å². The molecule has 0 aliphatic rings. The summed E-state index contributed by atoms with van der Waals surface area (Å²) in [6.07, 6.45) is 7.64. The van der Waals surface area contributed by atoms with Gasteiger partial charge < -0.3 is 12.4 Å². The van der Waals surface area contributed by atoms with Crippen LogP contribution in [0.15, 0.2) is 48.5 Å². The maximum atomic E-state index is 2.36. The number of hydrogen-bond donors (Lipinski definition) is 0. The van der Waals surface area contributed by atoms with Crippen LogP contribution in [0.4, 0.5) is 0 Å². The predicted molar refractivity (Wildman–Crippen MR) is 87.5 cm³/mol. The predicted octanol–water partition coefficient (Wildman–Crippen LogP) is -0.496. The van der Waals surface area contributed by atoms with Gasteiger partial charge in [0, 0.05) is 11.1 Å². The van der Waals surface area contributed by atoms with Crippen LogP contribution in [0.5, 0.6) is 0 Å². The minimum Gasteiger partial charge on any atom is -1.00 e. The summed E-state index contributed by atoms with van der Waals surface area (Å²) in [6, 6.07) is 18.2. The standard InChI is InChI=1S/C20H26I.ClH/c1-3-5-11-17-13-7-9-15-19(17)21-20-16-10-8-14-18(20)12-6-4-2;/h7-10,13-16H,3-6,11-12H2,1-2H3;1H/q+1;/p-1. The molecule has 120 valence electrons. The number of hydrogen-bond acceptors (Lipinski definition) is 0. The van der Waals surface area contributed by atoms with Crippen molar-refractivity contribution < 1.29 is 33.6 Å². The largest absolute Gasteiger partial charge is 1.00 e. The second-order valence-electron chi connectivity index (χ2n) is 5.48. The molecule has 0 heterocycles. The van der Waals surface area contributed by atoms with Gasteiger partial charge in [0.2, 0.25) is 0 Å². The Morgan fingerprint density at radius 1 is 0.682 bits per heavy atom. The lowest BCUT2D eigenvalue weighted by Crippen LogP contribution is -3.62. The molecule has 0 spiro atoms. The van der Waals surface area contributed by atoms with Gasteiger partial charge in [-0.1, -0.05) is 63.1 Å². The molecular formula is C20H26ClI. The molecule has 0 bridgehead atoms. The van der Waals surface area contributed by atoms with Crippen molar-refractivity contribution in [2.24, 2.45) is 0 Å². The minimum absolute atomic E-state index is 0. The highest BCUT2D eigenvalue weighted by molar-refractivity contribution is 5.17. The third kappa shape index (κ3) is 5.92. The number of benzene rings is 2. The Labute approximate surface area is 152 Å². The molecule has 0 atom stereocenters. The molecule has 0 amide bonds. The summed E-state index contributed by atoms with van der Waals surface area (Å²) >= 11 is -0.0502. The molecular weight excluding hydrogens is 403 g/mol. The van der Waals surface area contributed by atoms with Crippen LogP contribution in [-0.4, -0.2) is 0 Å². The van der Waals surface area contributed by atoms with Crippen LogP contribution in [0.2, 0.25) is 0 Å². The van der Waals surface area contributed by atoms with Crippen molar-refractivity contribution in [3.8, 4) is 0 Å². The van der Waals surface area contributed by atoms with Crippen molar-refractivity contribution >= 4 is 0 Å². The van der Waals surface area contributed by atoms with E-state index in [0.29, 0.717) is 0 Å². The summed E-state index contributed by atoms with van der Waals surface area (Å²) in [5.74, 6) is 0. The van der Waals surface area contributed by atoms with E-state index in [1.807, 2.05) is 0 Å². The zero-order valence-electron chi connectivity index (χ0n) is 13.6. The van der Waals surface area contributed by atoms with Gasteiger partial charge in [-0.2, -0.15) is 0 Å². The second-order valence-corrected chi connectivity index (χ2v) is 8.35. The van der Waals surface area contributed by atoms with Crippen molar-refractivity contribution in [2.75, 3.05) is 0 Å². The number of aryl methyl sites for hydroxylation is 2. The molecule has 0 N–H and O–H groups in total. The van der Waals surface area contributed by atoms with Gasteiger partial charge in [0.1, 0.15) is 0 Å². The Bertz CT molecular complexity index is 501. The lowest BCUT2D eigenvalue weighted by molar-refractivity contribution is -0.599. The Morgan fingerprint density at radius 2 is 1.09 bits per heavy atom. The van der Waals surface area contributed by atoms with E-state index in [4.69, 9.17) is 0 Å². The van der Waals surface area contributed by atoms with Gasteiger partial charge in [-0.25, -0.2) is 0 Å². The molecule has 0 aliphatic carbocycles. The molecule has 2 aromatic rings. The molecule has 0 unspecified atom stereocenters. The van der Waals surface area contributed by atoms with Crippen LogP contribution in [0.1, 0.15) is 50.7 Å². The number of unbranched alkanes of at least 4 members (excludes halogenated alkanes) is 2. The van der Waals surface area contributed by atoms with E-state index in [-0.39, 0.29) is 33.6 Å². The van der Waals surface area contributed by atoms with Gasteiger partial charge in [-0.3, -0.25) is 0 Å². The van der Waals surface area contributed by atoms with Crippen molar-refractivity contribution in [1.29, 1.82) is 0 Å². The minimum atomic E-state index is -0.0502. The zero-order valence-corrected chi connectivity index (χ0v) is 16.5. The lowest BCUT2D eigenvalue weighted by Gasteiger charge is -2.02. The Morgan fingerprint density at radius 3 is 1.50 bits per heavy atom. The molecule has 22 heavy (non-hydrogen) atoms. The molecule has 0 aliphatic heterocycles. The molecule has 2 heteroatoms. The van der Waals surface area contributed by atoms with Gasteiger partial charge in [0.15, 0.2) is 7.14 Å². The average molecular weight is 429 g/mol. The van der Waals surface area contributed by atoms with Gasteiger partial charge in [-0.15, -0.1) is 0 Å². The van der Waals surface area contributed by atoms with Crippen molar-refractivity contribution in [3.63, 3.8) is 0 Å². The van der Waals surface area contributed by atoms with Gasteiger partial charge in [0.25, 0.3) is 0 Å². The van der Waals surface area contributed by atoms with E-state index < -0.39 is 0 Å². The first-order chi connectivity index (χ1) is 10.3. The molecule has 0 saturated carbocycles. The Kier molecular flexibility index (Phi) is 9.81. The molecule has 2 rings (SSSR count). The smallest absolute Gasteiger partial charge is 0.358 e. The summed E-state index contributed by atoms with van der Waals surface area (Å²) in [6.45, 7) is 4.55. The summed E-state index contributed by atoms with van der Waals surface area (Å²) < 4.78 is 3.24. The van der Waals surface area contributed by atoms with Crippen LogP contribution in [0.25, 0.3) is 0 Å². The van der Waals surface area contributed by atoms with Crippen LogP contribution in [0.3, 0.4) is 0 Å². The topological polar surface area (TPSA) is 0 Å². The van der Waals surface area contributed by atoms with Crippen molar-refractivity contribution in [1.82, 2.24) is 0 Å². The molecule has 0 saturated heterocycles.